The van der Waals surface area contributed by atoms with E-state index < -0.39 is 10.0 Å². The van der Waals surface area contributed by atoms with Crippen molar-refractivity contribution in [3.63, 3.8) is 0 Å². The Balaban J connectivity index is 1.35. The lowest BCUT2D eigenvalue weighted by molar-refractivity contribution is -0.126. The van der Waals surface area contributed by atoms with Crippen LogP contribution in [-0.2, 0) is 14.8 Å². The Bertz CT molecular complexity index is 691. The van der Waals surface area contributed by atoms with Crippen LogP contribution in [0.1, 0.15) is 39.0 Å². The van der Waals surface area contributed by atoms with E-state index in [9.17, 15) is 13.2 Å². The molecule has 2 aliphatic rings. The highest BCUT2D eigenvalue weighted by molar-refractivity contribution is 7.89. The summed E-state index contributed by atoms with van der Waals surface area (Å²) in [5.74, 6) is 0.791. The van der Waals surface area contributed by atoms with Gasteiger partial charge in [0.05, 0.1) is 12.5 Å². The summed E-state index contributed by atoms with van der Waals surface area (Å²) in [6.45, 7) is 7.10. The summed E-state index contributed by atoms with van der Waals surface area (Å²) in [5.41, 5.74) is 0. The van der Waals surface area contributed by atoms with E-state index in [0.717, 1.165) is 18.9 Å². The van der Waals surface area contributed by atoms with Crippen molar-refractivity contribution >= 4 is 15.9 Å². The molecule has 0 aliphatic carbocycles. The van der Waals surface area contributed by atoms with Crippen molar-refractivity contribution in [3.8, 4) is 0 Å². The zero-order valence-corrected chi connectivity index (χ0v) is 16.9. The smallest absolute Gasteiger partial charge is 0.260 e. The van der Waals surface area contributed by atoms with Crippen LogP contribution in [0.4, 0.5) is 0 Å². The largest absolute Gasteiger partial charge is 0.356 e. The predicted octanol–water partition coefficient (Wildman–Crippen LogP) is 1.05. The van der Waals surface area contributed by atoms with Gasteiger partial charge in [-0.2, -0.15) is 4.31 Å². The first kappa shape index (κ1) is 20.3. The van der Waals surface area contributed by atoms with Gasteiger partial charge < -0.3 is 15.2 Å². The van der Waals surface area contributed by atoms with Gasteiger partial charge in [-0.1, -0.05) is 6.92 Å². The molecule has 27 heavy (non-hydrogen) atoms. The zero-order chi connectivity index (χ0) is 19.3. The minimum Gasteiger partial charge on any atom is -0.356 e. The van der Waals surface area contributed by atoms with Gasteiger partial charge in [-0.25, -0.2) is 13.4 Å². The summed E-state index contributed by atoms with van der Waals surface area (Å²) in [6, 6.07) is 0. The number of nitrogens with one attached hydrogen (secondary N) is 2. The molecule has 3 rings (SSSR count). The van der Waals surface area contributed by atoms with E-state index in [2.05, 4.69) is 27.1 Å². The number of hydrogen-bond acceptors (Lipinski definition) is 5. The van der Waals surface area contributed by atoms with E-state index in [1.54, 1.807) is 0 Å². The third-order valence-electron chi connectivity index (χ3n) is 5.74. The van der Waals surface area contributed by atoms with Gasteiger partial charge in [-0.3, -0.25) is 4.79 Å². The summed E-state index contributed by atoms with van der Waals surface area (Å²) in [6.07, 6.45) is 7.30. The van der Waals surface area contributed by atoms with Gasteiger partial charge in [0.2, 0.25) is 5.91 Å². The minimum atomic E-state index is -3.53. The molecular weight excluding hydrogens is 366 g/mol. The van der Waals surface area contributed by atoms with Gasteiger partial charge in [0.1, 0.15) is 0 Å². The molecule has 152 valence electrons. The number of hydrogen-bond donors (Lipinski definition) is 2. The number of carbonyl (C=O) groups is 1. The highest BCUT2D eigenvalue weighted by Gasteiger charge is 2.32. The van der Waals surface area contributed by atoms with Crippen LogP contribution in [-0.4, -0.2) is 72.8 Å². The zero-order valence-electron chi connectivity index (χ0n) is 16.1. The number of aromatic nitrogens is 2. The first-order valence-electron chi connectivity index (χ1n) is 9.95. The van der Waals surface area contributed by atoms with Crippen LogP contribution in [0.2, 0.25) is 0 Å². The van der Waals surface area contributed by atoms with Crippen LogP contribution in [0.5, 0.6) is 0 Å². The SMILES string of the molecule is CC1CCN(CCCNC(=O)C2CCN(S(=O)(=O)c3cnc[nH]3)CC2)CC1. The molecule has 0 saturated carbocycles. The third-order valence-corrected chi connectivity index (χ3v) is 7.57. The van der Waals surface area contributed by atoms with Crippen molar-refractivity contribution in [1.82, 2.24) is 24.5 Å². The Morgan fingerprint density at radius 3 is 2.56 bits per heavy atom. The van der Waals surface area contributed by atoms with E-state index in [0.29, 0.717) is 32.5 Å². The van der Waals surface area contributed by atoms with Crippen molar-refractivity contribution in [1.29, 1.82) is 0 Å². The Morgan fingerprint density at radius 2 is 1.93 bits per heavy atom. The van der Waals surface area contributed by atoms with E-state index in [1.807, 2.05) is 0 Å². The molecule has 2 fully saturated rings. The normalized spacial score (nSPS) is 21.4. The first-order valence-corrected chi connectivity index (χ1v) is 11.4. The summed E-state index contributed by atoms with van der Waals surface area (Å²) in [4.78, 5) is 21.3. The average Bonchev–Trinajstić information content (AvgIpc) is 3.22. The number of amides is 1. The summed E-state index contributed by atoms with van der Waals surface area (Å²) < 4.78 is 26.3. The number of nitrogens with zero attached hydrogens (tertiary/aromatic N) is 3. The second kappa shape index (κ2) is 9.16. The molecule has 2 aliphatic heterocycles. The minimum absolute atomic E-state index is 0.0563. The number of imidazole rings is 1. The maximum Gasteiger partial charge on any atom is 0.260 e. The molecule has 0 aromatic carbocycles. The van der Waals surface area contributed by atoms with Crippen LogP contribution in [0, 0.1) is 11.8 Å². The van der Waals surface area contributed by atoms with Crippen LogP contribution in [0.3, 0.4) is 0 Å². The first-order chi connectivity index (χ1) is 13.0. The standard InChI is InChI=1S/C18H31N5O3S/c1-15-3-9-22(10-4-15)8-2-7-20-18(24)16-5-11-23(12-6-16)27(25,26)17-13-19-14-21-17/h13-16H,2-12H2,1H3,(H,19,21)(H,20,24). The van der Waals surface area contributed by atoms with Gasteiger partial charge in [0.15, 0.2) is 5.03 Å². The van der Waals surface area contributed by atoms with Crippen LogP contribution in [0.15, 0.2) is 17.6 Å². The lowest BCUT2D eigenvalue weighted by Gasteiger charge is -2.31. The molecule has 0 spiro atoms. The molecular formula is C18H31N5O3S. The fourth-order valence-electron chi connectivity index (χ4n) is 3.83. The molecule has 1 amide bonds. The highest BCUT2D eigenvalue weighted by atomic mass is 32.2. The highest BCUT2D eigenvalue weighted by Crippen LogP contribution is 2.23. The molecule has 3 heterocycles. The van der Waals surface area contributed by atoms with Crippen LogP contribution in [0.25, 0.3) is 0 Å². The quantitative estimate of drug-likeness (QED) is 0.670. The summed E-state index contributed by atoms with van der Waals surface area (Å²) in [5, 5.41) is 3.14. The molecule has 2 N–H and O–H groups in total. The molecule has 9 heteroatoms. The van der Waals surface area contributed by atoms with Gasteiger partial charge in [0, 0.05) is 25.6 Å². The molecule has 0 bridgehead atoms. The van der Waals surface area contributed by atoms with Crippen molar-refractivity contribution in [2.45, 2.75) is 44.1 Å². The number of carbonyl (C=O) groups excluding carboxylic acids is 1. The molecule has 0 unspecified atom stereocenters. The number of sulfonamides is 1. The van der Waals surface area contributed by atoms with Crippen molar-refractivity contribution < 1.29 is 13.2 Å². The second-order valence-electron chi connectivity index (χ2n) is 7.76. The molecule has 0 radical (unpaired) electrons. The van der Waals surface area contributed by atoms with E-state index in [1.165, 1.54) is 42.8 Å². The maximum atomic E-state index is 12.5. The lowest BCUT2D eigenvalue weighted by Crippen LogP contribution is -2.43. The number of likely N-dealkylation sites (tertiary alicyclic amines) is 1. The van der Waals surface area contributed by atoms with Crippen molar-refractivity contribution in [2.75, 3.05) is 39.3 Å². The average molecular weight is 398 g/mol. The van der Waals surface area contributed by atoms with Gasteiger partial charge in [-0.05, 0) is 57.7 Å². The Labute approximate surface area is 161 Å². The van der Waals surface area contributed by atoms with Crippen LogP contribution < -0.4 is 5.32 Å². The maximum absolute atomic E-state index is 12.5. The summed E-state index contributed by atoms with van der Waals surface area (Å²) in [7, 11) is -3.53. The molecule has 0 atom stereocenters. The van der Waals surface area contributed by atoms with Gasteiger partial charge in [-0.15, -0.1) is 0 Å². The van der Waals surface area contributed by atoms with Gasteiger partial charge >= 0.3 is 0 Å². The molecule has 8 nitrogen and oxygen atoms in total. The van der Waals surface area contributed by atoms with E-state index >= 15 is 0 Å². The molecule has 2 saturated heterocycles. The Kier molecular flexibility index (Phi) is 6.88. The molecule has 1 aromatic heterocycles. The lowest BCUT2D eigenvalue weighted by atomic mass is 9.97. The number of H-pyrrole nitrogens is 1. The fraction of sp³-hybridized carbons (Fsp3) is 0.778. The van der Waals surface area contributed by atoms with Crippen molar-refractivity contribution in [3.05, 3.63) is 12.5 Å². The third kappa shape index (κ3) is 5.30. The summed E-state index contributed by atoms with van der Waals surface area (Å²) >= 11 is 0. The Morgan fingerprint density at radius 1 is 1.22 bits per heavy atom. The Hall–Kier alpha value is -1.45. The van der Waals surface area contributed by atoms with Crippen LogP contribution >= 0.6 is 0 Å². The monoisotopic (exact) mass is 397 g/mol. The topological polar surface area (TPSA) is 98.4 Å². The van der Waals surface area contributed by atoms with Gasteiger partial charge in [0.25, 0.3) is 10.0 Å². The molecule has 1 aromatic rings. The van der Waals surface area contributed by atoms with Crippen molar-refractivity contribution in [2.24, 2.45) is 11.8 Å². The number of aromatic amines is 1. The number of piperidine rings is 2. The van der Waals surface area contributed by atoms with E-state index in [-0.39, 0.29) is 16.9 Å². The number of rotatable bonds is 7. The fourth-order valence-corrected chi connectivity index (χ4v) is 5.19. The second-order valence-corrected chi connectivity index (χ2v) is 9.67. The van der Waals surface area contributed by atoms with E-state index in [4.69, 9.17) is 0 Å². The predicted molar refractivity (Wildman–Crippen MR) is 103 cm³/mol.